The maximum Gasteiger partial charge on any atom is 0.255 e. The number of hydrogen-bond acceptors (Lipinski definition) is 1. The lowest BCUT2D eigenvalue weighted by atomic mass is 10.0. The summed E-state index contributed by atoms with van der Waals surface area (Å²) in [6.07, 6.45) is 1.77. The Hall–Kier alpha value is -2.35. The molecular weight excluding hydrogens is 246 g/mol. The highest BCUT2D eigenvalue weighted by atomic mass is 16.1. The lowest BCUT2D eigenvalue weighted by molar-refractivity contribution is 0.0969. The van der Waals surface area contributed by atoms with Gasteiger partial charge in [0.25, 0.3) is 5.91 Å². The Morgan fingerprint density at radius 1 is 0.900 bits per heavy atom. The van der Waals surface area contributed by atoms with Gasteiger partial charge in [-0.15, -0.1) is 0 Å². The summed E-state index contributed by atoms with van der Waals surface area (Å²) in [5.74, 6) is -0.0731. The van der Waals surface area contributed by atoms with Crippen LogP contribution in [0.2, 0.25) is 0 Å². The van der Waals surface area contributed by atoms with Gasteiger partial charge >= 0.3 is 0 Å². The van der Waals surface area contributed by atoms with Crippen LogP contribution in [-0.2, 0) is 0 Å². The highest BCUT2D eigenvalue weighted by Crippen LogP contribution is 2.17. The SMILES string of the molecule is C/C(=C\NC(=O)c1ccccc1C)c1ccccc1C. The van der Waals surface area contributed by atoms with Gasteiger partial charge in [-0.2, -0.15) is 0 Å². The second kappa shape index (κ2) is 6.20. The summed E-state index contributed by atoms with van der Waals surface area (Å²) in [4.78, 5) is 12.1. The van der Waals surface area contributed by atoms with Crippen molar-refractivity contribution >= 4 is 11.5 Å². The van der Waals surface area contributed by atoms with Crippen LogP contribution < -0.4 is 5.32 Å². The van der Waals surface area contributed by atoms with E-state index >= 15 is 0 Å². The number of aryl methyl sites for hydroxylation is 2. The molecule has 0 saturated carbocycles. The van der Waals surface area contributed by atoms with Crippen molar-refractivity contribution in [2.75, 3.05) is 0 Å². The second-order valence-electron chi connectivity index (χ2n) is 4.93. The molecule has 0 heterocycles. The van der Waals surface area contributed by atoms with Gasteiger partial charge in [-0.05, 0) is 49.1 Å². The van der Waals surface area contributed by atoms with E-state index in [-0.39, 0.29) is 5.91 Å². The minimum absolute atomic E-state index is 0.0731. The molecule has 0 aliphatic rings. The molecule has 0 bridgehead atoms. The van der Waals surface area contributed by atoms with Crippen molar-refractivity contribution in [3.05, 3.63) is 77.0 Å². The molecule has 102 valence electrons. The van der Waals surface area contributed by atoms with Crippen LogP contribution in [0.25, 0.3) is 5.57 Å². The molecule has 2 nitrogen and oxygen atoms in total. The minimum Gasteiger partial charge on any atom is -0.328 e. The van der Waals surface area contributed by atoms with E-state index in [2.05, 4.69) is 24.4 Å². The number of carbonyl (C=O) groups is 1. The molecule has 2 heteroatoms. The van der Waals surface area contributed by atoms with Gasteiger partial charge in [-0.3, -0.25) is 4.79 Å². The lowest BCUT2D eigenvalue weighted by Crippen LogP contribution is -2.18. The van der Waals surface area contributed by atoms with Crippen molar-refractivity contribution in [1.29, 1.82) is 0 Å². The zero-order valence-electron chi connectivity index (χ0n) is 12.1. The number of benzene rings is 2. The Morgan fingerprint density at radius 3 is 1.95 bits per heavy atom. The quantitative estimate of drug-likeness (QED) is 0.889. The first-order valence-electron chi connectivity index (χ1n) is 6.69. The van der Waals surface area contributed by atoms with Crippen molar-refractivity contribution in [3.8, 4) is 0 Å². The fraction of sp³-hybridized carbons (Fsp3) is 0.167. The summed E-state index contributed by atoms with van der Waals surface area (Å²) in [6, 6.07) is 15.7. The summed E-state index contributed by atoms with van der Waals surface area (Å²) >= 11 is 0. The van der Waals surface area contributed by atoms with Gasteiger partial charge in [0, 0.05) is 11.8 Å². The van der Waals surface area contributed by atoms with Crippen molar-refractivity contribution in [1.82, 2.24) is 5.32 Å². The number of nitrogens with one attached hydrogen (secondary N) is 1. The summed E-state index contributed by atoms with van der Waals surface area (Å²) in [5, 5.41) is 2.86. The third-order valence-corrected chi connectivity index (χ3v) is 3.38. The Labute approximate surface area is 120 Å². The zero-order valence-corrected chi connectivity index (χ0v) is 12.1. The summed E-state index contributed by atoms with van der Waals surface area (Å²) in [6.45, 7) is 6.00. The fourth-order valence-corrected chi connectivity index (χ4v) is 2.17. The number of amides is 1. The maximum absolute atomic E-state index is 12.1. The van der Waals surface area contributed by atoms with Gasteiger partial charge in [0.05, 0.1) is 0 Å². The van der Waals surface area contributed by atoms with E-state index in [4.69, 9.17) is 0 Å². The van der Waals surface area contributed by atoms with Crippen LogP contribution in [0.15, 0.2) is 54.7 Å². The largest absolute Gasteiger partial charge is 0.328 e. The van der Waals surface area contributed by atoms with E-state index in [1.807, 2.05) is 50.2 Å². The molecule has 0 unspecified atom stereocenters. The average Bonchev–Trinajstić information content (AvgIpc) is 2.45. The van der Waals surface area contributed by atoms with Crippen LogP contribution in [0.3, 0.4) is 0 Å². The monoisotopic (exact) mass is 265 g/mol. The van der Waals surface area contributed by atoms with Gasteiger partial charge in [0.1, 0.15) is 0 Å². The van der Waals surface area contributed by atoms with Gasteiger partial charge in [0.2, 0.25) is 0 Å². The molecule has 1 N–H and O–H groups in total. The fourth-order valence-electron chi connectivity index (χ4n) is 2.17. The molecule has 2 aromatic rings. The molecule has 0 saturated heterocycles. The molecule has 0 fully saturated rings. The third-order valence-electron chi connectivity index (χ3n) is 3.38. The molecule has 0 radical (unpaired) electrons. The van der Waals surface area contributed by atoms with Crippen molar-refractivity contribution in [2.45, 2.75) is 20.8 Å². The smallest absolute Gasteiger partial charge is 0.255 e. The predicted octanol–water partition coefficient (Wildman–Crippen LogP) is 4.09. The Morgan fingerprint density at radius 2 is 1.40 bits per heavy atom. The van der Waals surface area contributed by atoms with Gasteiger partial charge in [-0.25, -0.2) is 0 Å². The number of hydrogen-bond donors (Lipinski definition) is 1. The highest BCUT2D eigenvalue weighted by molar-refractivity contribution is 5.96. The van der Waals surface area contributed by atoms with Gasteiger partial charge in [0.15, 0.2) is 0 Å². The topological polar surface area (TPSA) is 29.1 Å². The molecular formula is C18H19NO. The van der Waals surface area contributed by atoms with Crippen molar-refractivity contribution in [3.63, 3.8) is 0 Å². The highest BCUT2D eigenvalue weighted by Gasteiger charge is 2.06. The van der Waals surface area contributed by atoms with E-state index in [0.717, 1.165) is 16.7 Å². The second-order valence-corrected chi connectivity index (χ2v) is 4.93. The molecule has 0 atom stereocenters. The van der Waals surface area contributed by atoms with Gasteiger partial charge < -0.3 is 5.32 Å². The summed E-state index contributed by atoms with van der Waals surface area (Å²) < 4.78 is 0. The maximum atomic E-state index is 12.1. The zero-order chi connectivity index (χ0) is 14.5. The van der Waals surface area contributed by atoms with Crippen LogP contribution in [-0.4, -0.2) is 5.91 Å². The van der Waals surface area contributed by atoms with Crippen LogP contribution in [0.4, 0.5) is 0 Å². The summed E-state index contributed by atoms with van der Waals surface area (Å²) in [5.41, 5.74) is 5.09. The molecule has 0 aliphatic carbocycles. The van der Waals surface area contributed by atoms with E-state index in [9.17, 15) is 4.79 Å². The predicted molar refractivity (Wildman–Crippen MR) is 83.5 cm³/mol. The molecule has 0 aromatic heterocycles. The molecule has 1 amide bonds. The standard InChI is InChI=1S/C18H19NO/c1-13-8-4-6-10-16(13)15(3)12-19-18(20)17-11-7-5-9-14(17)2/h4-12H,1-3H3,(H,19,20)/b15-12+. The van der Waals surface area contributed by atoms with Crippen LogP contribution in [0, 0.1) is 13.8 Å². The van der Waals surface area contributed by atoms with E-state index in [0.29, 0.717) is 5.56 Å². The van der Waals surface area contributed by atoms with Crippen molar-refractivity contribution in [2.24, 2.45) is 0 Å². The van der Waals surface area contributed by atoms with E-state index in [1.165, 1.54) is 5.56 Å². The number of rotatable bonds is 3. The summed E-state index contributed by atoms with van der Waals surface area (Å²) in [7, 11) is 0. The Kier molecular flexibility index (Phi) is 4.36. The minimum atomic E-state index is -0.0731. The van der Waals surface area contributed by atoms with E-state index in [1.54, 1.807) is 6.20 Å². The van der Waals surface area contributed by atoms with Crippen LogP contribution >= 0.6 is 0 Å². The number of carbonyl (C=O) groups excluding carboxylic acids is 1. The molecule has 20 heavy (non-hydrogen) atoms. The lowest BCUT2D eigenvalue weighted by Gasteiger charge is -2.08. The Bertz CT molecular complexity index is 656. The first-order valence-corrected chi connectivity index (χ1v) is 6.69. The first kappa shape index (κ1) is 14.1. The molecule has 2 aromatic carbocycles. The molecule has 0 aliphatic heterocycles. The molecule has 2 rings (SSSR count). The van der Waals surface area contributed by atoms with Crippen LogP contribution in [0.1, 0.15) is 34.0 Å². The van der Waals surface area contributed by atoms with Crippen LogP contribution in [0.5, 0.6) is 0 Å². The Balaban J connectivity index is 2.16. The third kappa shape index (κ3) is 3.15. The molecule has 0 spiro atoms. The van der Waals surface area contributed by atoms with Gasteiger partial charge in [-0.1, -0.05) is 42.5 Å². The number of allylic oxidation sites excluding steroid dienone is 1. The average molecular weight is 265 g/mol. The van der Waals surface area contributed by atoms with Crippen molar-refractivity contribution < 1.29 is 4.79 Å². The first-order chi connectivity index (χ1) is 9.59. The normalized spacial score (nSPS) is 11.2. The van der Waals surface area contributed by atoms with E-state index < -0.39 is 0 Å².